The number of carbonyl (C=O) groups is 1. The fraction of sp³-hybridized carbons (Fsp3) is 0.889. The lowest BCUT2D eigenvalue weighted by Gasteiger charge is -2.15. The van der Waals surface area contributed by atoms with Crippen LogP contribution in [0, 0.1) is 5.92 Å². The van der Waals surface area contributed by atoms with Gasteiger partial charge in [-0.25, -0.2) is 8.78 Å². The number of likely N-dealkylation sites (tertiary alicyclic amines) is 1. The third-order valence-corrected chi connectivity index (χ3v) is 3.97. The molecule has 2 atom stereocenters. The minimum absolute atomic E-state index is 0.244. The largest absolute Gasteiger partial charge is 0.341 e. The van der Waals surface area contributed by atoms with Crippen molar-refractivity contribution in [2.24, 2.45) is 5.92 Å². The van der Waals surface area contributed by atoms with Crippen molar-refractivity contribution in [3.05, 3.63) is 0 Å². The van der Waals surface area contributed by atoms with Crippen molar-refractivity contribution in [3.8, 4) is 0 Å². The number of nitrogens with zero attached hydrogens (tertiary/aromatic N) is 1. The van der Waals surface area contributed by atoms with Crippen LogP contribution in [0.1, 0.15) is 12.8 Å². The first kappa shape index (κ1) is 10.2. The molecule has 0 radical (unpaired) electrons. The Morgan fingerprint density at radius 1 is 1.57 bits per heavy atom. The Hall–Kier alpha value is -0.320. The van der Waals surface area contributed by atoms with Crippen LogP contribution in [0.15, 0.2) is 0 Å². The number of alkyl halides is 2. The van der Waals surface area contributed by atoms with E-state index in [1.54, 1.807) is 16.7 Å². The van der Waals surface area contributed by atoms with Crippen molar-refractivity contribution < 1.29 is 13.6 Å². The van der Waals surface area contributed by atoms with Gasteiger partial charge in [-0.2, -0.15) is 11.8 Å². The highest BCUT2D eigenvalue weighted by Gasteiger charge is 2.62. The van der Waals surface area contributed by atoms with Gasteiger partial charge >= 0.3 is 0 Å². The van der Waals surface area contributed by atoms with E-state index in [1.165, 1.54) is 0 Å². The predicted octanol–water partition coefficient (Wildman–Crippen LogP) is 1.61. The highest BCUT2D eigenvalue weighted by molar-refractivity contribution is 7.99. The second kappa shape index (κ2) is 3.36. The van der Waals surface area contributed by atoms with Crippen molar-refractivity contribution >= 4 is 17.7 Å². The van der Waals surface area contributed by atoms with E-state index in [0.29, 0.717) is 18.3 Å². The fourth-order valence-corrected chi connectivity index (χ4v) is 2.49. The van der Waals surface area contributed by atoms with Crippen LogP contribution < -0.4 is 0 Å². The van der Waals surface area contributed by atoms with Crippen LogP contribution in [0.5, 0.6) is 0 Å². The Balaban J connectivity index is 1.89. The van der Waals surface area contributed by atoms with Crippen LogP contribution in [0.2, 0.25) is 0 Å². The van der Waals surface area contributed by atoms with Crippen LogP contribution in [-0.4, -0.2) is 41.3 Å². The van der Waals surface area contributed by atoms with Gasteiger partial charge in [-0.3, -0.25) is 4.79 Å². The molecule has 2 rings (SSSR count). The van der Waals surface area contributed by atoms with Gasteiger partial charge in [0.2, 0.25) is 5.91 Å². The van der Waals surface area contributed by atoms with E-state index >= 15 is 0 Å². The SMILES string of the molecule is CSC1CCN(C(=O)C2CC2(F)F)C1. The summed E-state index contributed by atoms with van der Waals surface area (Å²) < 4.78 is 25.3. The standard InChI is InChI=1S/C9H13F2NOS/c1-14-6-2-3-12(5-6)8(13)7-4-9(7,10)11/h6-7H,2-5H2,1H3. The molecule has 1 saturated carbocycles. The van der Waals surface area contributed by atoms with Gasteiger partial charge in [-0.05, 0) is 12.7 Å². The Morgan fingerprint density at radius 2 is 2.21 bits per heavy atom. The number of thioether (sulfide) groups is 1. The molecule has 2 fully saturated rings. The molecule has 1 saturated heterocycles. The molecule has 2 unspecified atom stereocenters. The van der Waals surface area contributed by atoms with E-state index in [1.807, 2.05) is 6.26 Å². The number of hydrogen-bond donors (Lipinski definition) is 0. The zero-order chi connectivity index (χ0) is 10.3. The molecule has 5 heteroatoms. The number of carbonyl (C=O) groups excluding carboxylic acids is 1. The first-order valence-corrected chi connectivity index (χ1v) is 6.03. The quantitative estimate of drug-likeness (QED) is 0.706. The third kappa shape index (κ3) is 1.74. The second-order valence-corrected chi connectivity index (χ2v) is 5.09. The summed E-state index contributed by atoms with van der Waals surface area (Å²) in [6, 6.07) is 0. The molecule has 14 heavy (non-hydrogen) atoms. The maximum atomic E-state index is 12.6. The Morgan fingerprint density at radius 3 is 2.64 bits per heavy atom. The van der Waals surface area contributed by atoms with E-state index in [2.05, 4.69) is 0 Å². The summed E-state index contributed by atoms with van der Waals surface area (Å²) in [4.78, 5) is 13.1. The summed E-state index contributed by atoms with van der Waals surface area (Å²) >= 11 is 1.70. The smallest absolute Gasteiger partial charge is 0.260 e. The lowest BCUT2D eigenvalue weighted by Crippen LogP contribution is -2.31. The average Bonchev–Trinajstić information content (AvgIpc) is 2.64. The topological polar surface area (TPSA) is 20.3 Å². The summed E-state index contributed by atoms with van der Waals surface area (Å²) in [7, 11) is 0. The van der Waals surface area contributed by atoms with Gasteiger partial charge in [0.25, 0.3) is 5.92 Å². The zero-order valence-corrected chi connectivity index (χ0v) is 8.82. The number of hydrogen-bond acceptors (Lipinski definition) is 2. The first-order valence-electron chi connectivity index (χ1n) is 4.74. The van der Waals surface area contributed by atoms with E-state index < -0.39 is 11.8 Å². The molecule has 0 aromatic heterocycles. The molecule has 0 N–H and O–H groups in total. The van der Waals surface area contributed by atoms with Gasteiger partial charge in [0.15, 0.2) is 0 Å². The van der Waals surface area contributed by atoms with Crippen molar-refractivity contribution in [1.82, 2.24) is 4.90 Å². The van der Waals surface area contributed by atoms with Crippen molar-refractivity contribution in [2.75, 3.05) is 19.3 Å². The van der Waals surface area contributed by atoms with Crippen LogP contribution in [0.3, 0.4) is 0 Å². The Labute approximate surface area is 86.0 Å². The predicted molar refractivity (Wildman–Crippen MR) is 51.6 cm³/mol. The van der Waals surface area contributed by atoms with Gasteiger partial charge in [-0.15, -0.1) is 0 Å². The van der Waals surface area contributed by atoms with E-state index in [9.17, 15) is 13.6 Å². The molecule has 0 spiro atoms. The van der Waals surface area contributed by atoms with Gasteiger partial charge in [0, 0.05) is 24.8 Å². The van der Waals surface area contributed by atoms with Crippen LogP contribution >= 0.6 is 11.8 Å². The molecule has 1 heterocycles. The molecule has 1 aliphatic carbocycles. The van der Waals surface area contributed by atoms with E-state index in [-0.39, 0.29) is 12.3 Å². The molecule has 0 aromatic rings. The maximum Gasteiger partial charge on any atom is 0.260 e. The molecule has 80 valence electrons. The minimum atomic E-state index is -2.71. The van der Waals surface area contributed by atoms with Crippen LogP contribution in [0.25, 0.3) is 0 Å². The number of halogens is 2. The minimum Gasteiger partial charge on any atom is -0.341 e. The van der Waals surface area contributed by atoms with E-state index in [4.69, 9.17) is 0 Å². The monoisotopic (exact) mass is 221 g/mol. The molecule has 2 nitrogen and oxygen atoms in total. The Bertz CT molecular complexity index is 259. The second-order valence-electron chi connectivity index (χ2n) is 3.95. The normalized spacial score (nSPS) is 34.6. The van der Waals surface area contributed by atoms with Gasteiger partial charge in [-0.1, -0.05) is 0 Å². The first-order chi connectivity index (χ1) is 6.54. The highest BCUT2D eigenvalue weighted by atomic mass is 32.2. The van der Waals surface area contributed by atoms with Gasteiger partial charge in [0.1, 0.15) is 5.92 Å². The molecule has 0 bridgehead atoms. The van der Waals surface area contributed by atoms with E-state index in [0.717, 1.165) is 6.42 Å². The highest BCUT2D eigenvalue weighted by Crippen LogP contribution is 2.49. The zero-order valence-electron chi connectivity index (χ0n) is 8.00. The van der Waals surface area contributed by atoms with Gasteiger partial charge < -0.3 is 4.90 Å². The average molecular weight is 221 g/mol. The van der Waals surface area contributed by atoms with Gasteiger partial charge in [0.05, 0.1) is 0 Å². The molecular weight excluding hydrogens is 208 g/mol. The fourth-order valence-electron chi connectivity index (χ4n) is 1.82. The lowest BCUT2D eigenvalue weighted by atomic mass is 10.3. The molecular formula is C9H13F2NOS. The molecule has 2 aliphatic rings. The molecule has 1 amide bonds. The summed E-state index contributed by atoms with van der Waals surface area (Å²) in [5.41, 5.74) is 0. The maximum absolute atomic E-state index is 12.6. The van der Waals surface area contributed by atoms with Crippen molar-refractivity contribution in [2.45, 2.75) is 24.0 Å². The summed E-state index contributed by atoms with van der Waals surface area (Å²) in [5, 5.41) is 0.436. The Kier molecular flexibility index (Phi) is 2.45. The van der Waals surface area contributed by atoms with Crippen molar-refractivity contribution in [1.29, 1.82) is 0 Å². The molecule has 1 aliphatic heterocycles. The summed E-state index contributed by atoms with van der Waals surface area (Å²) in [6.45, 7) is 1.30. The summed E-state index contributed by atoms with van der Waals surface area (Å²) in [6.07, 6.45) is 2.68. The third-order valence-electron chi connectivity index (χ3n) is 2.91. The molecule has 0 aromatic carbocycles. The number of rotatable bonds is 2. The number of amides is 1. The van der Waals surface area contributed by atoms with Crippen LogP contribution in [0.4, 0.5) is 8.78 Å². The lowest BCUT2D eigenvalue weighted by molar-refractivity contribution is -0.133. The van der Waals surface area contributed by atoms with Crippen LogP contribution in [-0.2, 0) is 4.79 Å². The summed E-state index contributed by atoms with van der Waals surface area (Å²) in [5.74, 6) is -4.07. The van der Waals surface area contributed by atoms with Crippen molar-refractivity contribution in [3.63, 3.8) is 0 Å².